The van der Waals surface area contributed by atoms with Gasteiger partial charge >= 0.3 is 0 Å². The Morgan fingerprint density at radius 2 is 2.25 bits per heavy atom. The molecule has 0 radical (unpaired) electrons. The molecule has 2 rings (SSSR count). The Kier molecular flexibility index (Phi) is 5.31. The lowest BCUT2D eigenvalue weighted by Crippen LogP contribution is -2.29. The first kappa shape index (κ1) is 14.7. The summed E-state index contributed by atoms with van der Waals surface area (Å²) in [5.74, 6) is 5.22. The van der Waals surface area contributed by atoms with Gasteiger partial charge in [-0.2, -0.15) is 0 Å². The summed E-state index contributed by atoms with van der Waals surface area (Å²) in [6.45, 7) is 2.88. The van der Waals surface area contributed by atoms with E-state index in [2.05, 4.69) is 15.7 Å². The number of carbonyl (C=O) groups is 1. The maximum Gasteiger partial charge on any atom is 0.255 e. The zero-order valence-corrected chi connectivity index (χ0v) is 11.8. The van der Waals surface area contributed by atoms with Crippen LogP contribution in [0.2, 0.25) is 0 Å². The molecule has 110 valence electrons. The lowest BCUT2D eigenvalue weighted by Gasteiger charge is -2.12. The Labute approximate surface area is 119 Å². The number of anilines is 1. The molecule has 1 fully saturated rings. The molecular weight excluding hydrogens is 256 g/mol. The Morgan fingerprint density at radius 1 is 1.50 bits per heavy atom. The van der Waals surface area contributed by atoms with Crippen LogP contribution in [0.1, 0.15) is 41.7 Å². The predicted octanol–water partition coefficient (Wildman–Crippen LogP) is 1.36. The quantitative estimate of drug-likeness (QED) is 0.415. The molecule has 1 saturated carbocycles. The minimum atomic E-state index is -0.194. The third-order valence-corrected chi connectivity index (χ3v) is 3.48. The smallest absolute Gasteiger partial charge is 0.255 e. The van der Waals surface area contributed by atoms with Gasteiger partial charge in [0.25, 0.3) is 5.91 Å². The third kappa shape index (κ3) is 3.91. The van der Waals surface area contributed by atoms with Crippen molar-refractivity contribution < 1.29 is 9.53 Å². The summed E-state index contributed by atoms with van der Waals surface area (Å²) >= 11 is 0. The number of nitrogen functional groups attached to an aromatic ring is 1. The van der Waals surface area contributed by atoms with E-state index in [4.69, 9.17) is 10.6 Å². The molecule has 1 heterocycles. The number of nitrogens with zero attached hydrogens (tertiary/aromatic N) is 1. The van der Waals surface area contributed by atoms with Crippen molar-refractivity contribution in [1.82, 2.24) is 10.3 Å². The molecule has 6 heteroatoms. The molecule has 20 heavy (non-hydrogen) atoms. The van der Waals surface area contributed by atoms with Gasteiger partial charge in [0.05, 0.1) is 24.0 Å². The normalized spacial score (nSPS) is 15.3. The molecule has 1 aromatic heterocycles. The second-order valence-corrected chi connectivity index (χ2v) is 5.05. The molecule has 1 aliphatic carbocycles. The number of rotatable bonds is 6. The van der Waals surface area contributed by atoms with Gasteiger partial charge in [0, 0.05) is 18.4 Å². The molecule has 0 aliphatic heterocycles. The van der Waals surface area contributed by atoms with E-state index in [1.54, 1.807) is 6.07 Å². The molecule has 1 aromatic rings. The molecule has 4 N–H and O–H groups in total. The minimum Gasteiger partial charge on any atom is -0.376 e. The van der Waals surface area contributed by atoms with Gasteiger partial charge in [0.15, 0.2) is 0 Å². The zero-order valence-electron chi connectivity index (χ0n) is 11.8. The SMILES string of the molecule is Cc1cc(NN)c(C(=O)NCCOC2CCCC2)cn1. The number of nitrogens with two attached hydrogens (primary N) is 1. The van der Waals surface area contributed by atoms with Gasteiger partial charge in [-0.1, -0.05) is 12.8 Å². The van der Waals surface area contributed by atoms with Crippen LogP contribution in [0.15, 0.2) is 12.3 Å². The van der Waals surface area contributed by atoms with E-state index in [1.807, 2.05) is 6.92 Å². The monoisotopic (exact) mass is 278 g/mol. The number of aromatic nitrogens is 1. The molecule has 0 bridgehead atoms. The molecular formula is C14H22N4O2. The van der Waals surface area contributed by atoms with Crippen molar-refractivity contribution in [2.45, 2.75) is 38.7 Å². The molecule has 0 aromatic carbocycles. The second kappa shape index (κ2) is 7.21. The van der Waals surface area contributed by atoms with Crippen LogP contribution in [0.5, 0.6) is 0 Å². The van der Waals surface area contributed by atoms with E-state index < -0.39 is 0 Å². The minimum absolute atomic E-state index is 0.194. The first-order chi connectivity index (χ1) is 9.70. The van der Waals surface area contributed by atoms with Crippen LogP contribution in [0.4, 0.5) is 5.69 Å². The molecule has 1 aliphatic rings. The maximum atomic E-state index is 12.0. The van der Waals surface area contributed by atoms with Crippen LogP contribution in [-0.4, -0.2) is 30.1 Å². The van der Waals surface area contributed by atoms with Gasteiger partial charge in [0.1, 0.15) is 0 Å². The number of amides is 1. The standard InChI is InChI=1S/C14H22N4O2/c1-10-8-13(18-15)12(9-17-10)14(19)16-6-7-20-11-4-2-3-5-11/h8-9,11H,2-7,15H2,1H3,(H,16,19)(H,17,18). The van der Waals surface area contributed by atoms with Crippen molar-refractivity contribution in [1.29, 1.82) is 0 Å². The van der Waals surface area contributed by atoms with Crippen LogP contribution in [0.25, 0.3) is 0 Å². The number of nitrogens with one attached hydrogen (secondary N) is 2. The molecule has 1 amide bonds. The number of carbonyl (C=O) groups excluding carboxylic acids is 1. The van der Waals surface area contributed by atoms with Crippen LogP contribution < -0.4 is 16.6 Å². The van der Waals surface area contributed by atoms with Gasteiger partial charge in [-0.15, -0.1) is 0 Å². The van der Waals surface area contributed by atoms with Gasteiger partial charge in [-0.25, -0.2) is 0 Å². The van der Waals surface area contributed by atoms with Gasteiger partial charge in [0.2, 0.25) is 0 Å². The lowest BCUT2D eigenvalue weighted by atomic mass is 10.2. The fourth-order valence-electron chi connectivity index (χ4n) is 2.40. The summed E-state index contributed by atoms with van der Waals surface area (Å²) in [6.07, 6.45) is 6.66. The Bertz CT molecular complexity index is 458. The maximum absolute atomic E-state index is 12.0. The fraction of sp³-hybridized carbons (Fsp3) is 0.571. The highest BCUT2D eigenvalue weighted by molar-refractivity contribution is 5.99. The average molecular weight is 278 g/mol. The van der Waals surface area contributed by atoms with Crippen molar-refractivity contribution in [2.75, 3.05) is 18.6 Å². The summed E-state index contributed by atoms with van der Waals surface area (Å²) in [6, 6.07) is 1.74. The molecule has 0 saturated heterocycles. The van der Waals surface area contributed by atoms with Crippen LogP contribution in [0, 0.1) is 6.92 Å². The Hall–Kier alpha value is -1.66. The average Bonchev–Trinajstić information content (AvgIpc) is 2.96. The van der Waals surface area contributed by atoms with E-state index in [-0.39, 0.29) is 5.91 Å². The number of pyridine rings is 1. The number of hydrazine groups is 1. The molecule has 0 atom stereocenters. The van der Waals surface area contributed by atoms with E-state index >= 15 is 0 Å². The van der Waals surface area contributed by atoms with E-state index in [9.17, 15) is 4.79 Å². The highest BCUT2D eigenvalue weighted by Gasteiger charge is 2.15. The fourth-order valence-corrected chi connectivity index (χ4v) is 2.40. The zero-order chi connectivity index (χ0) is 14.4. The highest BCUT2D eigenvalue weighted by atomic mass is 16.5. The van der Waals surface area contributed by atoms with E-state index in [0.29, 0.717) is 30.5 Å². The summed E-state index contributed by atoms with van der Waals surface area (Å²) in [5.41, 5.74) is 4.34. The van der Waals surface area contributed by atoms with Crippen LogP contribution >= 0.6 is 0 Å². The summed E-state index contributed by atoms with van der Waals surface area (Å²) in [5, 5.41) is 2.82. The number of aryl methyl sites for hydroxylation is 1. The van der Waals surface area contributed by atoms with Crippen molar-refractivity contribution in [2.24, 2.45) is 5.84 Å². The van der Waals surface area contributed by atoms with Gasteiger partial charge in [-0.3, -0.25) is 15.6 Å². The van der Waals surface area contributed by atoms with E-state index in [1.165, 1.54) is 19.0 Å². The largest absolute Gasteiger partial charge is 0.376 e. The first-order valence-electron chi connectivity index (χ1n) is 7.04. The van der Waals surface area contributed by atoms with Crippen molar-refractivity contribution in [3.8, 4) is 0 Å². The van der Waals surface area contributed by atoms with Crippen LogP contribution in [0.3, 0.4) is 0 Å². The topological polar surface area (TPSA) is 89.3 Å². The first-order valence-corrected chi connectivity index (χ1v) is 7.04. The Balaban J connectivity index is 1.79. The predicted molar refractivity (Wildman–Crippen MR) is 77.3 cm³/mol. The number of hydrogen-bond donors (Lipinski definition) is 3. The molecule has 6 nitrogen and oxygen atoms in total. The Morgan fingerprint density at radius 3 is 2.95 bits per heavy atom. The lowest BCUT2D eigenvalue weighted by molar-refractivity contribution is 0.0582. The summed E-state index contributed by atoms with van der Waals surface area (Å²) < 4.78 is 5.69. The van der Waals surface area contributed by atoms with Crippen molar-refractivity contribution in [3.05, 3.63) is 23.5 Å². The molecule has 0 unspecified atom stereocenters. The summed E-state index contributed by atoms with van der Waals surface area (Å²) in [4.78, 5) is 16.1. The van der Waals surface area contributed by atoms with Gasteiger partial charge in [-0.05, 0) is 25.8 Å². The van der Waals surface area contributed by atoms with Crippen molar-refractivity contribution >= 4 is 11.6 Å². The van der Waals surface area contributed by atoms with Crippen molar-refractivity contribution in [3.63, 3.8) is 0 Å². The number of hydrogen-bond acceptors (Lipinski definition) is 5. The van der Waals surface area contributed by atoms with Gasteiger partial charge < -0.3 is 15.5 Å². The van der Waals surface area contributed by atoms with Crippen LogP contribution in [-0.2, 0) is 4.74 Å². The second-order valence-electron chi connectivity index (χ2n) is 5.05. The number of ether oxygens (including phenoxy) is 1. The third-order valence-electron chi connectivity index (χ3n) is 3.48. The highest BCUT2D eigenvalue weighted by Crippen LogP contribution is 2.20. The van der Waals surface area contributed by atoms with E-state index in [0.717, 1.165) is 18.5 Å². The molecule has 0 spiro atoms. The summed E-state index contributed by atoms with van der Waals surface area (Å²) in [7, 11) is 0.